The predicted molar refractivity (Wildman–Crippen MR) is 63.9 cm³/mol. The Morgan fingerprint density at radius 2 is 2.00 bits per heavy atom. The third-order valence-electron chi connectivity index (χ3n) is 4.15. The van der Waals surface area contributed by atoms with E-state index in [1.54, 1.807) is 0 Å². The van der Waals surface area contributed by atoms with Crippen molar-refractivity contribution < 1.29 is 9.53 Å². The van der Waals surface area contributed by atoms with Crippen LogP contribution in [0.5, 0.6) is 0 Å². The van der Waals surface area contributed by atoms with Crippen molar-refractivity contribution in [1.82, 2.24) is 15.1 Å². The Kier molecular flexibility index (Phi) is 3.20. The average Bonchev–Trinajstić information content (AvgIpc) is 2.82. The van der Waals surface area contributed by atoms with Gasteiger partial charge in [0.1, 0.15) is 0 Å². The van der Waals surface area contributed by atoms with Gasteiger partial charge in [0.15, 0.2) is 0 Å². The van der Waals surface area contributed by atoms with Crippen molar-refractivity contribution in [3.8, 4) is 0 Å². The fourth-order valence-corrected chi connectivity index (χ4v) is 3.16. The topological polar surface area (TPSA) is 44.8 Å². The van der Waals surface area contributed by atoms with Crippen LogP contribution in [0.1, 0.15) is 12.8 Å². The van der Waals surface area contributed by atoms with Crippen LogP contribution in [0.25, 0.3) is 0 Å². The molecule has 0 aliphatic carbocycles. The molecular formula is C12H21N3O2. The van der Waals surface area contributed by atoms with Crippen molar-refractivity contribution in [2.75, 3.05) is 45.9 Å². The van der Waals surface area contributed by atoms with E-state index in [0.717, 1.165) is 32.7 Å². The molecule has 5 heteroatoms. The summed E-state index contributed by atoms with van der Waals surface area (Å²) in [5.41, 5.74) is 0. The molecule has 0 aromatic carbocycles. The summed E-state index contributed by atoms with van der Waals surface area (Å²) in [7, 11) is 0. The van der Waals surface area contributed by atoms with E-state index >= 15 is 0 Å². The lowest BCUT2D eigenvalue weighted by molar-refractivity contribution is 0.0448. The molecule has 2 amide bonds. The number of likely N-dealkylation sites (tertiary alicyclic amines) is 1. The first-order valence-electron chi connectivity index (χ1n) is 6.69. The van der Waals surface area contributed by atoms with Crippen molar-refractivity contribution in [2.24, 2.45) is 5.92 Å². The number of hydrogen-bond acceptors (Lipinski definition) is 3. The van der Waals surface area contributed by atoms with Gasteiger partial charge in [-0.2, -0.15) is 0 Å². The minimum absolute atomic E-state index is 0.213. The summed E-state index contributed by atoms with van der Waals surface area (Å²) in [6.45, 7) is 5.81. The maximum Gasteiger partial charge on any atom is 0.320 e. The Hall–Kier alpha value is -0.810. The molecule has 5 nitrogen and oxygen atoms in total. The zero-order valence-corrected chi connectivity index (χ0v) is 10.2. The van der Waals surface area contributed by atoms with Gasteiger partial charge in [0.25, 0.3) is 0 Å². The van der Waals surface area contributed by atoms with Crippen LogP contribution in [0.4, 0.5) is 4.79 Å². The number of piperidine rings is 1. The van der Waals surface area contributed by atoms with E-state index in [0.29, 0.717) is 25.2 Å². The van der Waals surface area contributed by atoms with E-state index in [-0.39, 0.29) is 6.03 Å². The summed E-state index contributed by atoms with van der Waals surface area (Å²) in [6.07, 6.45) is 2.52. The molecule has 17 heavy (non-hydrogen) atoms. The first kappa shape index (κ1) is 11.3. The fraction of sp³-hybridized carbons (Fsp3) is 0.917. The third-order valence-corrected chi connectivity index (χ3v) is 4.15. The summed E-state index contributed by atoms with van der Waals surface area (Å²) in [5.74, 6) is 0.675. The summed E-state index contributed by atoms with van der Waals surface area (Å²) >= 11 is 0. The second-order valence-electron chi connectivity index (χ2n) is 5.25. The van der Waals surface area contributed by atoms with Crippen LogP contribution in [0, 0.1) is 5.92 Å². The molecule has 1 N–H and O–H groups in total. The maximum atomic E-state index is 12.3. The molecule has 0 spiro atoms. The Labute approximate surface area is 102 Å². The Balaban J connectivity index is 1.59. The van der Waals surface area contributed by atoms with E-state index < -0.39 is 0 Å². The van der Waals surface area contributed by atoms with Crippen LogP contribution >= 0.6 is 0 Å². The van der Waals surface area contributed by atoms with E-state index in [9.17, 15) is 4.79 Å². The molecule has 0 aromatic heterocycles. The number of morpholine rings is 1. The number of fused-ring (bicyclic) bond motifs is 1. The van der Waals surface area contributed by atoms with Gasteiger partial charge in [-0.25, -0.2) is 4.79 Å². The number of nitrogens with one attached hydrogen (secondary N) is 1. The number of carbonyl (C=O) groups excluding carboxylic acids is 1. The van der Waals surface area contributed by atoms with Gasteiger partial charge in [-0.15, -0.1) is 0 Å². The van der Waals surface area contributed by atoms with Crippen molar-refractivity contribution >= 4 is 6.03 Å². The molecule has 96 valence electrons. The smallest absolute Gasteiger partial charge is 0.320 e. The highest BCUT2D eigenvalue weighted by Crippen LogP contribution is 2.25. The lowest BCUT2D eigenvalue weighted by Gasteiger charge is -2.31. The lowest BCUT2D eigenvalue weighted by Crippen LogP contribution is -2.48. The minimum Gasteiger partial charge on any atom is -0.378 e. The SMILES string of the molecule is O=C(N1CCOCC1)N1C[C@@H]2CCCN[C@@H]2C1. The van der Waals surface area contributed by atoms with Gasteiger partial charge < -0.3 is 19.9 Å². The normalized spacial score (nSPS) is 33.6. The van der Waals surface area contributed by atoms with Gasteiger partial charge in [0.05, 0.1) is 13.2 Å². The number of nitrogens with zero attached hydrogens (tertiary/aromatic N) is 2. The number of hydrogen-bond donors (Lipinski definition) is 1. The standard InChI is InChI=1S/C12H21N3O2/c16-12(14-4-6-17-7-5-14)15-8-10-2-1-3-13-11(10)9-15/h10-11,13H,1-9H2/t10-,11+/m0/s1. The molecule has 0 unspecified atom stereocenters. The Bertz CT molecular complexity index is 277. The zero-order chi connectivity index (χ0) is 11.7. The molecule has 3 rings (SSSR count). The summed E-state index contributed by atoms with van der Waals surface area (Å²) < 4.78 is 5.28. The maximum absolute atomic E-state index is 12.3. The largest absolute Gasteiger partial charge is 0.378 e. The molecule has 0 aromatic rings. The molecular weight excluding hydrogens is 218 g/mol. The summed E-state index contributed by atoms with van der Waals surface area (Å²) in [6, 6.07) is 0.748. The van der Waals surface area contributed by atoms with Crippen LogP contribution in [0.15, 0.2) is 0 Å². The number of urea groups is 1. The van der Waals surface area contributed by atoms with E-state index in [4.69, 9.17) is 4.74 Å². The molecule has 3 saturated heterocycles. The molecule has 3 aliphatic rings. The van der Waals surface area contributed by atoms with E-state index in [1.165, 1.54) is 12.8 Å². The van der Waals surface area contributed by atoms with Crippen molar-refractivity contribution in [3.05, 3.63) is 0 Å². The van der Waals surface area contributed by atoms with Gasteiger partial charge in [0, 0.05) is 32.2 Å². The van der Waals surface area contributed by atoms with Crippen LogP contribution in [0.2, 0.25) is 0 Å². The van der Waals surface area contributed by atoms with E-state index in [1.807, 2.05) is 9.80 Å². The van der Waals surface area contributed by atoms with E-state index in [2.05, 4.69) is 5.32 Å². The van der Waals surface area contributed by atoms with Crippen LogP contribution in [-0.4, -0.2) is 67.8 Å². The van der Waals surface area contributed by atoms with Crippen molar-refractivity contribution in [1.29, 1.82) is 0 Å². The zero-order valence-electron chi connectivity index (χ0n) is 10.2. The van der Waals surface area contributed by atoms with Gasteiger partial charge in [0.2, 0.25) is 0 Å². The molecule has 0 bridgehead atoms. The third kappa shape index (κ3) is 2.26. The molecule has 3 heterocycles. The molecule has 0 saturated carbocycles. The first-order chi connectivity index (χ1) is 8.34. The lowest BCUT2D eigenvalue weighted by atomic mass is 9.94. The van der Waals surface area contributed by atoms with Crippen LogP contribution in [-0.2, 0) is 4.74 Å². The number of amides is 2. The van der Waals surface area contributed by atoms with Gasteiger partial charge in [-0.3, -0.25) is 0 Å². The van der Waals surface area contributed by atoms with Gasteiger partial charge >= 0.3 is 6.03 Å². The Morgan fingerprint density at radius 3 is 2.76 bits per heavy atom. The second-order valence-corrected chi connectivity index (χ2v) is 5.25. The predicted octanol–water partition coefficient (Wildman–Crippen LogP) is 0.122. The molecule has 3 aliphatic heterocycles. The highest BCUT2D eigenvalue weighted by Gasteiger charge is 2.37. The number of carbonyl (C=O) groups is 1. The van der Waals surface area contributed by atoms with Crippen LogP contribution in [0.3, 0.4) is 0 Å². The summed E-state index contributed by atoms with van der Waals surface area (Å²) in [4.78, 5) is 16.3. The van der Waals surface area contributed by atoms with Gasteiger partial charge in [-0.1, -0.05) is 0 Å². The number of ether oxygens (including phenoxy) is 1. The molecule has 3 fully saturated rings. The average molecular weight is 239 g/mol. The highest BCUT2D eigenvalue weighted by molar-refractivity contribution is 5.75. The molecule has 0 radical (unpaired) electrons. The first-order valence-corrected chi connectivity index (χ1v) is 6.69. The molecule has 2 atom stereocenters. The van der Waals surface area contributed by atoms with Crippen molar-refractivity contribution in [3.63, 3.8) is 0 Å². The Morgan fingerprint density at radius 1 is 1.18 bits per heavy atom. The highest BCUT2D eigenvalue weighted by atomic mass is 16.5. The van der Waals surface area contributed by atoms with Crippen LogP contribution < -0.4 is 5.32 Å². The second kappa shape index (κ2) is 4.82. The monoisotopic (exact) mass is 239 g/mol. The quantitative estimate of drug-likeness (QED) is 0.653. The fourth-order valence-electron chi connectivity index (χ4n) is 3.16. The number of rotatable bonds is 0. The summed E-state index contributed by atoms with van der Waals surface area (Å²) in [5, 5.41) is 3.53. The minimum atomic E-state index is 0.213. The van der Waals surface area contributed by atoms with Gasteiger partial charge in [-0.05, 0) is 25.3 Å². The van der Waals surface area contributed by atoms with Crippen molar-refractivity contribution in [2.45, 2.75) is 18.9 Å².